The van der Waals surface area contributed by atoms with Gasteiger partial charge in [0.25, 0.3) is 0 Å². The number of likely N-dealkylation sites (tertiary alicyclic amines) is 1. The first-order valence-corrected chi connectivity index (χ1v) is 10.4. The van der Waals surface area contributed by atoms with Gasteiger partial charge >= 0.3 is 0 Å². The van der Waals surface area contributed by atoms with Crippen LogP contribution in [0.15, 0.2) is 24.3 Å². The molecule has 2 aromatic rings. The predicted octanol–water partition coefficient (Wildman–Crippen LogP) is 2.84. The van der Waals surface area contributed by atoms with Crippen LogP contribution >= 0.6 is 24.8 Å². The maximum absolute atomic E-state index is 13.0. The molecule has 4 heterocycles. The minimum Gasteiger partial charge on any atom is -0.342 e. The number of amides is 1. The van der Waals surface area contributed by atoms with Gasteiger partial charge in [0.1, 0.15) is 5.82 Å². The van der Waals surface area contributed by atoms with Crippen LogP contribution in [0.4, 0.5) is 0 Å². The van der Waals surface area contributed by atoms with Gasteiger partial charge in [0.15, 0.2) is 0 Å². The highest BCUT2D eigenvalue weighted by Crippen LogP contribution is 2.38. The Morgan fingerprint density at radius 3 is 2.55 bits per heavy atom. The van der Waals surface area contributed by atoms with Gasteiger partial charge in [0, 0.05) is 25.6 Å². The summed E-state index contributed by atoms with van der Waals surface area (Å²) in [6, 6.07) is 8.21. The van der Waals surface area contributed by atoms with Gasteiger partial charge in [0.2, 0.25) is 5.91 Å². The summed E-state index contributed by atoms with van der Waals surface area (Å²) in [4.78, 5) is 23.3. The molecule has 5 rings (SSSR count). The Morgan fingerprint density at radius 1 is 1.10 bits per heavy atom. The maximum atomic E-state index is 13.0. The van der Waals surface area contributed by atoms with Crippen LogP contribution in [0.1, 0.15) is 43.8 Å². The molecular weight excluding hydrogens is 409 g/mol. The van der Waals surface area contributed by atoms with E-state index in [9.17, 15) is 4.79 Å². The van der Waals surface area contributed by atoms with Crippen molar-refractivity contribution in [1.82, 2.24) is 25.5 Å². The highest BCUT2D eigenvalue weighted by Gasteiger charge is 2.43. The first kappa shape index (κ1) is 22.3. The Bertz CT molecular complexity index is 794. The molecule has 160 valence electrons. The van der Waals surface area contributed by atoms with Crippen LogP contribution in [0, 0.1) is 5.41 Å². The van der Waals surface area contributed by atoms with E-state index in [4.69, 9.17) is 4.98 Å². The molecule has 0 saturated carbocycles. The third kappa shape index (κ3) is 4.41. The first-order chi connectivity index (χ1) is 13.2. The number of halogens is 2. The Hall–Kier alpha value is -1.34. The second-order valence-corrected chi connectivity index (χ2v) is 8.63. The van der Waals surface area contributed by atoms with Gasteiger partial charge in [-0.05, 0) is 62.7 Å². The third-order valence-electron chi connectivity index (χ3n) is 6.92. The summed E-state index contributed by atoms with van der Waals surface area (Å²) in [5.41, 5.74) is 2.49. The Labute approximate surface area is 184 Å². The molecule has 1 amide bonds. The van der Waals surface area contributed by atoms with Crippen LogP contribution in [0.2, 0.25) is 0 Å². The van der Waals surface area contributed by atoms with E-state index in [1.54, 1.807) is 0 Å². The predicted molar refractivity (Wildman–Crippen MR) is 120 cm³/mol. The van der Waals surface area contributed by atoms with Crippen molar-refractivity contribution in [2.45, 2.75) is 44.1 Å². The summed E-state index contributed by atoms with van der Waals surface area (Å²) in [5.74, 6) is 1.82. The number of hydrogen-bond acceptors (Lipinski definition) is 4. The number of para-hydroxylation sites is 2. The van der Waals surface area contributed by atoms with Crippen molar-refractivity contribution in [1.29, 1.82) is 0 Å². The molecular formula is C21H31Cl2N5O. The molecule has 0 bridgehead atoms. The molecule has 6 nitrogen and oxygen atoms in total. The van der Waals surface area contributed by atoms with Gasteiger partial charge in [-0.15, -0.1) is 24.8 Å². The molecule has 3 aliphatic rings. The van der Waals surface area contributed by atoms with E-state index in [1.807, 2.05) is 12.1 Å². The van der Waals surface area contributed by atoms with E-state index >= 15 is 0 Å². The number of imidazole rings is 1. The molecule has 3 aliphatic heterocycles. The van der Waals surface area contributed by atoms with E-state index in [1.165, 1.54) is 12.8 Å². The largest absolute Gasteiger partial charge is 0.342 e. The van der Waals surface area contributed by atoms with Crippen molar-refractivity contribution in [3.63, 3.8) is 0 Å². The van der Waals surface area contributed by atoms with Crippen LogP contribution in [0.3, 0.4) is 0 Å². The van der Waals surface area contributed by atoms with Crippen molar-refractivity contribution < 1.29 is 4.79 Å². The number of piperidine rings is 2. The molecule has 0 radical (unpaired) electrons. The SMILES string of the molecule is Cl.Cl.O=C(C1CC2(CCNCC2)CN1)N1CCC(c2nc3ccccc3[nH]2)CC1. The Balaban J connectivity index is 0.00000120. The quantitative estimate of drug-likeness (QED) is 0.672. The zero-order chi connectivity index (χ0) is 18.3. The molecule has 29 heavy (non-hydrogen) atoms. The lowest BCUT2D eigenvalue weighted by Crippen LogP contribution is -2.46. The summed E-state index contributed by atoms with van der Waals surface area (Å²) in [6.45, 7) is 4.86. The standard InChI is InChI=1S/C21H29N5O.2ClH/c27-20(18-13-21(14-23-18)7-9-22-10-8-21)26-11-5-15(6-12-26)19-24-16-3-1-2-4-17(16)25-19;;/h1-4,15,18,22-23H,5-14H2,(H,24,25);2*1H. The second kappa shape index (κ2) is 9.21. The van der Waals surface area contributed by atoms with E-state index in [-0.39, 0.29) is 30.9 Å². The number of carbonyl (C=O) groups is 1. The smallest absolute Gasteiger partial charge is 0.239 e. The average molecular weight is 440 g/mol. The number of hydrogen-bond donors (Lipinski definition) is 3. The molecule has 0 aliphatic carbocycles. The summed E-state index contributed by atoms with van der Waals surface area (Å²) in [5, 5.41) is 6.98. The fraction of sp³-hybridized carbons (Fsp3) is 0.619. The number of carbonyl (C=O) groups excluding carboxylic acids is 1. The molecule has 3 fully saturated rings. The van der Waals surface area contributed by atoms with Gasteiger partial charge in [-0.1, -0.05) is 12.1 Å². The highest BCUT2D eigenvalue weighted by atomic mass is 35.5. The number of aromatic nitrogens is 2. The fourth-order valence-electron chi connectivity index (χ4n) is 5.19. The lowest BCUT2D eigenvalue weighted by molar-refractivity contribution is -0.134. The van der Waals surface area contributed by atoms with Crippen LogP contribution in [-0.4, -0.2) is 59.5 Å². The minimum atomic E-state index is 0. The molecule has 1 spiro atoms. The summed E-state index contributed by atoms with van der Waals surface area (Å²) < 4.78 is 0. The van der Waals surface area contributed by atoms with Gasteiger partial charge in [-0.25, -0.2) is 4.98 Å². The Morgan fingerprint density at radius 2 is 1.83 bits per heavy atom. The average Bonchev–Trinajstić information content (AvgIpc) is 3.33. The molecule has 8 heteroatoms. The monoisotopic (exact) mass is 439 g/mol. The first-order valence-electron chi connectivity index (χ1n) is 10.4. The number of nitrogens with zero attached hydrogens (tertiary/aromatic N) is 2. The van der Waals surface area contributed by atoms with Crippen molar-refractivity contribution in [3.05, 3.63) is 30.1 Å². The summed E-state index contributed by atoms with van der Waals surface area (Å²) in [6.07, 6.45) is 5.38. The summed E-state index contributed by atoms with van der Waals surface area (Å²) in [7, 11) is 0. The van der Waals surface area contributed by atoms with Crippen molar-refractivity contribution in [3.8, 4) is 0 Å². The van der Waals surface area contributed by atoms with Crippen molar-refractivity contribution in [2.24, 2.45) is 5.41 Å². The lowest BCUT2D eigenvalue weighted by Gasteiger charge is -2.34. The van der Waals surface area contributed by atoms with Crippen LogP contribution in [0.25, 0.3) is 11.0 Å². The van der Waals surface area contributed by atoms with Gasteiger partial charge in [-0.3, -0.25) is 4.79 Å². The van der Waals surface area contributed by atoms with Crippen molar-refractivity contribution in [2.75, 3.05) is 32.7 Å². The minimum absolute atomic E-state index is 0. The van der Waals surface area contributed by atoms with Crippen LogP contribution in [-0.2, 0) is 4.79 Å². The van der Waals surface area contributed by atoms with E-state index in [0.29, 0.717) is 17.2 Å². The lowest BCUT2D eigenvalue weighted by atomic mass is 9.77. The number of aromatic amines is 1. The number of benzene rings is 1. The zero-order valence-corrected chi connectivity index (χ0v) is 18.3. The molecule has 1 atom stereocenters. The number of fused-ring (bicyclic) bond motifs is 1. The Kier molecular flexibility index (Phi) is 7.10. The normalized spacial score (nSPS) is 24.3. The highest BCUT2D eigenvalue weighted by molar-refractivity contribution is 5.85. The van der Waals surface area contributed by atoms with E-state index in [2.05, 4.69) is 32.7 Å². The maximum Gasteiger partial charge on any atom is 0.239 e. The third-order valence-corrected chi connectivity index (χ3v) is 6.92. The second-order valence-electron chi connectivity index (χ2n) is 8.63. The van der Waals surface area contributed by atoms with E-state index in [0.717, 1.165) is 68.8 Å². The van der Waals surface area contributed by atoms with E-state index < -0.39 is 0 Å². The van der Waals surface area contributed by atoms with Gasteiger partial charge in [0.05, 0.1) is 17.1 Å². The number of H-pyrrole nitrogens is 1. The molecule has 1 aromatic carbocycles. The van der Waals surface area contributed by atoms with Crippen LogP contribution in [0.5, 0.6) is 0 Å². The molecule has 1 aromatic heterocycles. The summed E-state index contributed by atoms with van der Waals surface area (Å²) >= 11 is 0. The van der Waals surface area contributed by atoms with Gasteiger partial charge < -0.3 is 20.5 Å². The fourth-order valence-corrected chi connectivity index (χ4v) is 5.19. The zero-order valence-electron chi connectivity index (χ0n) is 16.7. The van der Waals surface area contributed by atoms with Crippen LogP contribution < -0.4 is 10.6 Å². The topological polar surface area (TPSA) is 73.1 Å². The number of rotatable bonds is 2. The molecule has 3 N–H and O–H groups in total. The van der Waals surface area contributed by atoms with Crippen molar-refractivity contribution >= 4 is 41.8 Å². The molecule has 1 unspecified atom stereocenters. The number of nitrogens with one attached hydrogen (secondary N) is 3. The van der Waals surface area contributed by atoms with Gasteiger partial charge in [-0.2, -0.15) is 0 Å². The molecule has 3 saturated heterocycles.